The molecule has 0 unspecified atom stereocenters. The molecule has 0 saturated heterocycles. The molecule has 5 heteroatoms. The van der Waals surface area contributed by atoms with Gasteiger partial charge in [0.25, 0.3) is 0 Å². The molecule has 0 saturated carbocycles. The third-order valence-corrected chi connectivity index (χ3v) is 9.62. The molecule has 0 N–H and O–H groups in total. The second-order valence-electron chi connectivity index (χ2n) is 6.76. The first-order valence-electron chi connectivity index (χ1n) is 9.88. The molecule has 0 aromatic heterocycles. The van der Waals surface area contributed by atoms with Crippen molar-refractivity contribution in [2.45, 2.75) is 0 Å². The van der Waals surface area contributed by atoms with Crippen LogP contribution in [0, 0.1) is 0 Å². The topological polar surface area (TPSA) is 0 Å². The van der Waals surface area contributed by atoms with Gasteiger partial charge in [0.1, 0.15) is 0 Å². The molecule has 0 nitrogen and oxygen atoms in total. The molecular formula is C26H28Br2P2Pd+2. The summed E-state index contributed by atoms with van der Waals surface area (Å²) in [6, 6.07) is 43.0. The number of halogens is 2. The third kappa shape index (κ3) is 9.80. The fourth-order valence-corrected chi connectivity index (χ4v) is 6.52. The van der Waals surface area contributed by atoms with Crippen LogP contribution in [-0.4, -0.2) is 13.3 Å². The zero-order chi connectivity index (χ0) is 22.3. The average Bonchev–Trinajstić information content (AvgIpc) is 2.86. The number of benzene rings is 4. The minimum atomic E-state index is -0.545. The number of hydrogen-bond acceptors (Lipinski definition) is 0. The van der Waals surface area contributed by atoms with Crippen molar-refractivity contribution < 1.29 is 13.9 Å². The van der Waals surface area contributed by atoms with Crippen LogP contribution < -0.4 is 21.2 Å². The fourth-order valence-electron chi connectivity index (χ4n) is 3.09. The molecular weight excluding hydrogens is 640 g/mol. The van der Waals surface area contributed by atoms with Crippen LogP contribution >= 0.6 is 42.7 Å². The Morgan fingerprint density at radius 2 is 0.581 bits per heavy atom. The molecule has 0 aliphatic rings. The van der Waals surface area contributed by atoms with E-state index < -0.39 is 15.8 Å². The van der Waals surface area contributed by atoms with Crippen LogP contribution in [0.25, 0.3) is 0 Å². The summed E-state index contributed by atoms with van der Waals surface area (Å²) < 4.78 is 0. The van der Waals surface area contributed by atoms with Gasteiger partial charge in [-0.15, -0.1) is 0 Å². The van der Waals surface area contributed by atoms with Crippen molar-refractivity contribution in [3.8, 4) is 0 Å². The summed E-state index contributed by atoms with van der Waals surface area (Å²) >= 11 is 6.80. The van der Waals surface area contributed by atoms with Gasteiger partial charge in [-0.25, -0.2) is 0 Å². The van der Waals surface area contributed by atoms with Crippen molar-refractivity contribution in [2.24, 2.45) is 0 Å². The van der Waals surface area contributed by atoms with Crippen molar-refractivity contribution in [1.82, 2.24) is 0 Å². The van der Waals surface area contributed by atoms with Crippen LogP contribution in [0.2, 0.25) is 0 Å². The van der Waals surface area contributed by atoms with Gasteiger partial charge in [-0.2, -0.15) is 0 Å². The maximum atomic E-state index is 3.11. The summed E-state index contributed by atoms with van der Waals surface area (Å²) in [6.45, 7) is 4.69. The Morgan fingerprint density at radius 1 is 0.419 bits per heavy atom. The molecule has 4 aromatic rings. The molecule has 0 aliphatic carbocycles. The van der Waals surface area contributed by atoms with Crippen molar-refractivity contribution in [3.05, 3.63) is 121 Å². The van der Waals surface area contributed by atoms with E-state index in [0.717, 1.165) is 0 Å². The SMILES string of the molecule is C[PH+](c1ccccc1)c1ccccc1.C[PH+](c1ccccc1)c1ccccc1.[Br][Pd][Br]. The first kappa shape index (κ1) is 26.6. The summed E-state index contributed by atoms with van der Waals surface area (Å²) in [5, 5.41) is 5.90. The van der Waals surface area contributed by atoms with Gasteiger partial charge in [0.2, 0.25) is 0 Å². The third-order valence-electron chi connectivity index (χ3n) is 4.83. The van der Waals surface area contributed by atoms with Crippen molar-refractivity contribution in [1.29, 1.82) is 0 Å². The van der Waals surface area contributed by atoms with E-state index in [0.29, 0.717) is 13.9 Å². The molecule has 164 valence electrons. The van der Waals surface area contributed by atoms with Gasteiger partial charge < -0.3 is 0 Å². The molecule has 4 rings (SSSR count). The Bertz CT molecular complexity index is 796. The van der Waals surface area contributed by atoms with Crippen molar-refractivity contribution in [2.75, 3.05) is 13.3 Å². The molecule has 0 spiro atoms. The van der Waals surface area contributed by atoms with Crippen LogP contribution in [0.15, 0.2) is 121 Å². The van der Waals surface area contributed by atoms with Crippen LogP contribution in [0.5, 0.6) is 0 Å². The van der Waals surface area contributed by atoms with Crippen LogP contribution in [0.1, 0.15) is 0 Å². The molecule has 0 atom stereocenters. The summed E-state index contributed by atoms with van der Waals surface area (Å²) in [6.07, 6.45) is 0. The van der Waals surface area contributed by atoms with Gasteiger partial charge in [0.15, 0.2) is 0 Å². The zero-order valence-corrected chi connectivity index (χ0v) is 24.3. The number of rotatable bonds is 4. The van der Waals surface area contributed by atoms with E-state index >= 15 is 0 Å². The molecule has 0 radical (unpaired) electrons. The number of hydrogen-bond donors (Lipinski definition) is 0. The van der Waals surface area contributed by atoms with Gasteiger partial charge >= 0.3 is 40.8 Å². The summed E-state index contributed by atoms with van der Waals surface area (Å²) in [5.41, 5.74) is 0. The molecule has 0 bridgehead atoms. The predicted octanol–water partition coefficient (Wildman–Crippen LogP) is 6.65. The van der Waals surface area contributed by atoms with E-state index in [4.69, 9.17) is 0 Å². The summed E-state index contributed by atoms with van der Waals surface area (Å²) in [4.78, 5) is 0. The van der Waals surface area contributed by atoms with E-state index in [1.807, 2.05) is 0 Å². The van der Waals surface area contributed by atoms with E-state index in [2.05, 4.69) is 162 Å². The molecule has 0 amide bonds. The zero-order valence-electron chi connectivity index (χ0n) is 17.6. The maximum absolute atomic E-state index is 3.11. The Balaban J connectivity index is 0.000000196. The Labute approximate surface area is 211 Å². The van der Waals surface area contributed by atoms with Crippen LogP contribution in [0.4, 0.5) is 0 Å². The van der Waals surface area contributed by atoms with Crippen LogP contribution in [-0.2, 0) is 13.9 Å². The molecule has 0 aliphatic heterocycles. The standard InChI is InChI=1S/2C13H13P.2BrH.Pd/c2*1-14(12-8-4-2-5-9-12)13-10-6-3-7-11-13;;;/h2*2-11H,1H3;2*1H;/q;;;;+2. The Kier molecular flexibility index (Phi) is 13.8. The fraction of sp³-hybridized carbons (Fsp3) is 0.0769. The van der Waals surface area contributed by atoms with Crippen molar-refractivity contribution >= 4 is 63.9 Å². The van der Waals surface area contributed by atoms with E-state index in [1.165, 1.54) is 21.2 Å². The van der Waals surface area contributed by atoms with Gasteiger partial charge in [-0.3, -0.25) is 0 Å². The van der Waals surface area contributed by atoms with E-state index in [-0.39, 0.29) is 0 Å². The quantitative estimate of drug-likeness (QED) is 0.169. The summed E-state index contributed by atoms with van der Waals surface area (Å²) in [5.74, 6) is 0. The van der Waals surface area contributed by atoms with Gasteiger partial charge in [-0.1, -0.05) is 72.8 Å². The molecule has 31 heavy (non-hydrogen) atoms. The van der Waals surface area contributed by atoms with Crippen molar-refractivity contribution in [3.63, 3.8) is 0 Å². The molecule has 4 aromatic carbocycles. The first-order chi connectivity index (χ1) is 15.2. The second kappa shape index (κ2) is 16.0. The predicted molar refractivity (Wildman–Crippen MR) is 151 cm³/mol. The van der Waals surface area contributed by atoms with Gasteiger partial charge in [0, 0.05) is 0 Å². The monoisotopic (exact) mass is 666 g/mol. The van der Waals surface area contributed by atoms with E-state index in [9.17, 15) is 0 Å². The Morgan fingerprint density at radius 3 is 0.742 bits per heavy atom. The Hall–Kier alpha value is -0.638. The van der Waals surface area contributed by atoms with E-state index in [1.54, 1.807) is 0 Å². The minimum absolute atomic E-state index is 0.545. The average molecular weight is 669 g/mol. The normalized spacial score (nSPS) is 10.1. The first-order valence-corrected chi connectivity index (χ1v) is 21.0. The molecule has 0 heterocycles. The van der Waals surface area contributed by atoms with Gasteiger partial charge in [0.05, 0.1) is 50.4 Å². The second-order valence-corrected chi connectivity index (χ2v) is 18.7. The van der Waals surface area contributed by atoms with Gasteiger partial charge in [-0.05, 0) is 48.5 Å². The molecule has 0 fully saturated rings. The van der Waals surface area contributed by atoms with Crippen LogP contribution in [0.3, 0.4) is 0 Å². The summed E-state index contributed by atoms with van der Waals surface area (Å²) in [7, 11) is -1.09.